The van der Waals surface area contributed by atoms with Gasteiger partial charge in [0.25, 0.3) is 5.91 Å². The predicted octanol–water partition coefficient (Wildman–Crippen LogP) is 3.51. The number of rotatable bonds is 9. The third kappa shape index (κ3) is 6.44. The minimum atomic E-state index is -0.226. The van der Waals surface area contributed by atoms with E-state index in [0.717, 1.165) is 12.0 Å². The molecule has 26 heavy (non-hydrogen) atoms. The van der Waals surface area contributed by atoms with Gasteiger partial charge in [0.2, 0.25) is 5.95 Å². The molecule has 2 N–H and O–H groups in total. The predicted molar refractivity (Wildman–Crippen MR) is 104 cm³/mol. The van der Waals surface area contributed by atoms with Crippen molar-refractivity contribution >= 4 is 35.1 Å². The van der Waals surface area contributed by atoms with Crippen molar-refractivity contribution in [2.24, 2.45) is 0 Å². The lowest BCUT2D eigenvalue weighted by molar-refractivity contribution is 0.0943. The van der Waals surface area contributed by atoms with Crippen LogP contribution in [-0.4, -0.2) is 42.7 Å². The number of aromatic nitrogens is 2. The second-order valence-corrected chi connectivity index (χ2v) is 6.58. The van der Waals surface area contributed by atoms with E-state index in [9.17, 15) is 4.79 Å². The van der Waals surface area contributed by atoms with Crippen molar-refractivity contribution in [1.82, 2.24) is 15.3 Å². The summed E-state index contributed by atoms with van der Waals surface area (Å²) in [6.45, 7) is 3.54. The van der Waals surface area contributed by atoms with Gasteiger partial charge in [-0.15, -0.1) is 0 Å². The van der Waals surface area contributed by atoms with Gasteiger partial charge in [-0.2, -0.15) is 0 Å². The lowest BCUT2D eigenvalue weighted by atomic mass is 10.1. The van der Waals surface area contributed by atoms with E-state index in [1.165, 1.54) is 0 Å². The molecule has 0 bridgehead atoms. The number of carbonyl (C=O) groups is 1. The molecule has 0 saturated heterocycles. The molecule has 140 valence electrons. The molecule has 0 aliphatic heterocycles. The van der Waals surface area contributed by atoms with Crippen LogP contribution in [0, 0.1) is 6.92 Å². The topological polar surface area (TPSA) is 76.1 Å². The highest BCUT2D eigenvalue weighted by molar-refractivity contribution is 6.35. The zero-order chi connectivity index (χ0) is 18.9. The van der Waals surface area contributed by atoms with Gasteiger partial charge in [0.1, 0.15) is 5.69 Å². The second kappa shape index (κ2) is 10.3. The number of aryl methyl sites for hydroxylation is 1. The molecule has 0 spiro atoms. The molecule has 1 amide bonds. The summed E-state index contributed by atoms with van der Waals surface area (Å²) in [4.78, 5) is 20.8. The fourth-order valence-electron chi connectivity index (χ4n) is 2.31. The molecule has 0 atom stereocenters. The monoisotopic (exact) mass is 396 g/mol. The highest BCUT2D eigenvalue weighted by Gasteiger charge is 2.10. The van der Waals surface area contributed by atoms with Crippen molar-refractivity contribution in [3.8, 4) is 0 Å². The van der Waals surface area contributed by atoms with E-state index < -0.39 is 0 Å². The number of halogens is 2. The van der Waals surface area contributed by atoms with Crippen molar-refractivity contribution < 1.29 is 9.53 Å². The molecule has 6 nitrogen and oxygen atoms in total. The summed E-state index contributed by atoms with van der Waals surface area (Å²) in [6, 6.07) is 7.07. The van der Waals surface area contributed by atoms with E-state index in [1.807, 2.05) is 13.0 Å². The fraction of sp³-hybridized carbons (Fsp3) is 0.389. The normalized spacial score (nSPS) is 10.6. The number of hydrogen-bond acceptors (Lipinski definition) is 5. The first kappa shape index (κ1) is 20.4. The van der Waals surface area contributed by atoms with Gasteiger partial charge < -0.3 is 15.4 Å². The molecule has 0 saturated carbocycles. The Hall–Kier alpha value is -1.89. The molecule has 1 aromatic heterocycles. The Morgan fingerprint density at radius 3 is 2.73 bits per heavy atom. The molecule has 0 aliphatic rings. The Kier molecular flexibility index (Phi) is 8.09. The van der Waals surface area contributed by atoms with Gasteiger partial charge in [-0.1, -0.05) is 29.3 Å². The third-order valence-electron chi connectivity index (χ3n) is 3.59. The van der Waals surface area contributed by atoms with Crippen LogP contribution >= 0.6 is 23.2 Å². The van der Waals surface area contributed by atoms with Crippen LogP contribution in [0.25, 0.3) is 0 Å². The van der Waals surface area contributed by atoms with Gasteiger partial charge in [0.05, 0.1) is 0 Å². The van der Waals surface area contributed by atoms with Crippen LogP contribution in [-0.2, 0) is 11.2 Å². The van der Waals surface area contributed by atoms with Gasteiger partial charge >= 0.3 is 0 Å². The summed E-state index contributed by atoms with van der Waals surface area (Å²) >= 11 is 12.1. The van der Waals surface area contributed by atoms with E-state index >= 15 is 0 Å². The first-order valence-corrected chi connectivity index (χ1v) is 9.06. The number of methoxy groups -OCH3 is 1. The van der Waals surface area contributed by atoms with Crippen LogP contribution < -0.4 is 10.6 Å². The third-order valence-corrected chi connectivity index (χ3v) is 4.18. The Morgan fingerprint density at radius 1 is 1.19 bits per heavy atom. The molecule has 0 aliphatic carbocycles. The van der Waals surface area contributed by atoms with Crippen LogP contribution in [0.1, 0.15) is 28.2 Å². The number of nitrogens with one attached hydrogen (secondary N) is 2. The van der Waals surface area contributed by atoms with E-state index in [2.05, 4.69) is 20.6 Å². The Bertz CT molecular complexity index is 756. The van der Waals surface area contributed by atoms with E-state index in [0.29, 0.717) is 53.5 Å². The number of carbonyl (C=O) groups excluding carboxylic acids is 1. The molecule has 1 aromatic carbocycles. The molecule has 1 heterocycles. The summed E-state index contributed by atoms with van der Waals surface area (Å²) in [5, 5.41) is 7.18. The molecule has 0 unspecified atom stereocenters. The molecule has 2 aromatic rings. The van der Waals surface area contributed by atoms with E-state index in [4.69, 9.17) is 27.9 Å². The molecular weight excluding hydrogens is 375 g/mol. The highest BCUT2D eigenvalue weighted by atomic mass is 35.5. The lowest BCUT2D eigenvalue weighted by Gasteiger charge is -2.09. The minimum absolute atomic E-state index is 0.226. The second-order valence-electron chi connectivity index (χ2n) is 5.73. The van der Waals surface area contributed by atoms with Gasteiger partial charge in [-0.3, -0.25) is 4.79 Å². The lowest BCUT2D eigenvalue weighted by Crippen LogP contribution is -2.26. The summed E-state index contributed by atoms with van der Waals surface area (Å²) in [7, 11) is 1.63. The highest BCUT2D eigenvalue weighted by Crippen LogP contribution is 2.21. The van der Waals surface area contributed by atoms with Crippen LogP contribution in [0.4, 0.5) is 5.95 Å². The van der Waals surface area contributed by atoms with Gasteiger partial charge in [-0.05, 0) is 43.5 Å². The van der Waals surface area contributed by atoms with Crippen molar-refractivity contribution in [2.75, 3.05) is 32.1 Å². The summed E-state index contributed by atoms with van der Waals surface area (Å²) in [6.07, 6.45) is 1.44. The molecule has 8 heteroatoms. The summed E-state index contributed by atoms with van der Waals surface area (Å²) < 4.78 is 4.96. The Balaban J connectivity index is 1.93. The SMILES string of the molecule is COCCCNC(=O)c1cc(C)nc(NCCc2ccc(Cl)cc2Cl)n1. The number of amides is 1. The van der Waals surface area contributed by atoms with Crippen LogP contribution in [0.3, 0.4) is 0 Å². The van der Waals surface area contributed by atoms with E-state index in [1.54, 1.807) is 25.3 Å². The molecule has 0 radical (unpaired) electrons. The summed E-state index contributed by atoms with van der Waals surface area (Å²) in [5.74, 6) is 0.188. The number of ether oxygens (including phenoxy) is 1. The van der Waals surface area contributed by atoms with Gasteiger partial charge in [-0.25, -0.2) is 9.97 Å². The number of anilines is 1. The van der Waals surface area contributed by atoms with Gasteiger partial charge in [0.15, 0.2) is 0 Å². The van der Waals surface area contributed by atoms with Crippen LogP contribution in [0.15, 0.2) is 24.3 Å². The maximum atomic E-state index is 12.2. The molecule has 2 rings (SSSR count). The quantitative estimate of drug-likeness (QED) is 0.634. The average Bonchev–Trinajstić information content (AvgIpc) is 2.60. The molecule has 0 fully saturated rings. The van der Waals surface area contributed by atoms with Crippen LogP contribution in [0.5, 0.6) is 0 Å². The van der Waals surface area contributed by atoms with Crippen molar-refractivity contribution in [2.45, 2.75) is 19.8 Å². The number of nitrogens with zero attached hydrogens (tertiary/aromatic N) is 2. The first-order valence-electron chi connectivity index (χ1n) is 8.30. The zero-order valence-corrected chi connectivity index (χ0v) is 16.3. The maximum Gasteiger partial charge on any atom is 0.270 e. The minimum Gasteiger partial charge on any atom is -0.385 e. The Morgan fingerprint density at radius 2 is 2.00 bits per heavy atom. The largest absolute Gasteiger partial charge is 0.385 e. The Labute approximate surface area is 163 Å². The molecular formula is C18H22Cl2N4O2. The van der Waals surface area contributed by atoms with Crippen molar-refractivity contribution in [3.63, 3.8) is 0 Å². The standard InChI is InChI=1S/C18H22Cl2N4O2/c1-12-10-16(17(25)21-7-3-9-26-2)24-18(23-12)22-8-6-13-4-5-14(19)11-15(13)20/h4-5,10-11H,3,6-9H2,1-2H3,(H,21,25)(H,22,23,24). The number of hydrogen-bond donors (Lipinski definition) is 2. The number of benzene rings is 1. The first-order chi connectivity index (χ1) is 12.5. The smallest absolute Gasteiger partial charge is 0.270 e. The van der Waals surface area contributed by atoms with E-state index in [-0.39, 0.29) is 5.91 Å². The van der Waals surface area contributed by atoms with Crippen molar-refractivity contribution in [3.05, 3.63) is 51.3 Å². The van der Waals surface area contributed by atoms with Crippen LogP contribution in [0.2, 0.25) is 10.0 Å². The maximum absolute atomic E-state index is 12.2. The zero-order valence-electron chi connectivity index (χ0n) is 14.8. The van der Waals surface area contributed by atoms with Gasteiger partial charge in [0, 0.05) is 42.5 Å². The fourth-order valence-corrected chi connectivity index (χ4v) is 2.81. The average molecular weight is 397 g/mol. The van der Waals surface area contributed by atoms with Crippen molar-refractivity contribution in [1.29, 1.82) is 0 Å². The summed E-state index contributed by atoms with van der Waals surface area (Å²) in [5.41, 5.74) is 2.03.